The van der Waals surface area contributed by atoms with Gasteiger partial charge in [-0.2, -0.15) is 0 Å². The van der Waals surface area contributed by atoms with Crippen molar-refractivity contribution >= 4 is 29.2 Å². The molecule has 0 saturated carbocycles. The second-order valence-corrected chi connectivity index (χ2v) is 5.73. The number of benzene rings is 1. The molecule has 0 unspecified atom stereocenters. The summed E-state index contributed by atoms with van der Waals surface area (Å²) in [5.41, 5.74) is 0.897. The minimum absolute atomic E-state index is 0.240. The van der Waals surface area contributed by atoms with Crippen LogP contribution in [0.15, 0.2) is 30.6 Å². The van der Waals surface area contributed by atoms with Crippen LogP contribution in [0.4, 0.5) is 10.5 Å². The fourth-order valence-corrected chi connectivity index (χ4v) is 2.62. The number of urea groups is 1. The quantitative estimate of drug-likeness (QED) is 0.706. The molecule has 0 aliphatic rings. The molecule has 0 fully saturated rings. The molecule has 1 heterocycles. The van der Waals surface area contributed by atoms with Gasteiger partial charge in [0.2, 0.25) is 0 Å². The van der Waals surface area contributed by atoms with E-state index in [9.17, 15) is 9.59 Å². The lowest BCUT2D eigenvalue weighted by Crippen LogP contribution is -2.31. The van der Waals surface area contributed by atoms with Crippen molar-refractivity contribution < 1.29 is 9.59 Å². The lowest BCUT2D eigenvalue weighted by atomic mass is 10.2. The van der Waals surface area contributed by atoms with Gasteiger partial charge < -0.3 is 20.5 Å². The minimum Gasteiger partial charge on any atom is -0.352 e. The van der Waals surface area contributed by atoms with Crippen LogP contribution < -0.4 is 16.0 Å². The molecule has 3 N–H and O–H groups in total. The summed E-state index contributed by atoms with van der Waals surface area (Å²) in [6.45, 7) is 5.51. The van der Waals surface area contributed by atoms with Gasteiger partial charge in [0.1, 0.15) is 5.82 Å². The van der Waals surface area contributed by atoms with Crippen molar-refractivity contribution in [2.75, 3.05) is 18.4 Å². The van der Waals surface area contributed by atoms with Crippen LogP contribution in [0.5, 0.6) is 0 Å². The number of hydrogen-bond acceptors (Lipinski definition) is 3. The van der Waals surface area contributed by atoms with Crippen LogP contribution in [-0.2, 0) is 13.0 Å². The Labute approximate surface area is 151 Å². The Morgan fingerprint density at radius 1 is 1.24 bits per heavy atom. The standard InChI is InChI=1S/C17H22ClN5O2/c1-3-15-20-7-9-23(15)10-8-21-17(25)22-12-5-6-13(14(18)11-12)16(24)19-4-2/h5-7,9,11H,3-4,8,10H2,1-2H3,(H,19,24)(H2,21,22,25). The summed E-state index contributed by atoms with van der Waals surface area (Å²) in [7, 11) is 0. The van der Waals surface area contributed by atoms with E-state index < -0.39 is 0 Å². The number of amides is 3. The van der Waals surface area contributed by atoms with E-state index >= 15 is 0 Å². The summed E-state index contributed by atoms with van der Waals surface area (Å²) in [6.07, 6.45) is 4.48. The van der Waals surface area contributed by atoms with Crippen LogP contribution in [0.3, 0.4) is 0 Å². The van der Waals surface area contributed by atoms with Crippen LogP contribution in [0.1, 0.15) is 30.0 Å². The zero-order valence-corrected chi connectivity index (χ0v) is 15.1. The first-order valence-electron chi connectivity index (χ1n) is 8.17. The maximum absolute atomic E-state index is 12.0. The molecular formula is C17H22ClN5O2. The molecule has 0 atom stereocenters. The van der Waals surface area contributed by atoms with Gasteiger partial charge in [-0.05, 0) is 25.1 Å². The first-order valence-corrected chi connectivity index (χ1v) is 8.55. The average molecular weight is 364 g/mol. The number of rotatable bonds is 7. The number of anilines is 1. The van der Waals surface area contributed by atoms with Crippen LogP contribution >= 0.6 is 11.6 Å². The van der Waals surface area contributed by atoms with Crippen molar-refractivity contribution in [3.8, 4) is 0 Å². The van der Waals surface area contributed by atoms with Crippen molar-refractivity contribution in [3.63, 3.8) is 0 Å². The van der Waals surface area contributed by atoms with Crippen molar-refractivity contribution in [3.05, 3.63) is 47.0 Å². The first kappa shape index (κ1) is 18.8. The molecule has 134 valence electrons. The van der Waals surface area contributed by atoms with Crippen LogP contribution in [0, 0.1) is 0 Å². The number of halogens is 1. The first-order chi connectivity index (χ1) is 12.0. The number of hydrogen-bond donors (Lipinski definition) is 3. The Hall–Kier alpha value is -2.54. The zero-order chi connectivity index (χ0) is 18.2. The van der Waals surface area contributed by atoms with Gasteiger partial charge in [0, 0.05) is 44.1 Å². The molecule has 0 aliphatic carbocycles. The van der Waals surface area contributed by atoms with Crippen molar-refractivity contribution in [2.24, 2.45) is 0 Å². The maximum atomic E-state index is 12.0. The number of imidazole rings is 1. The summed E-state index contributed by atoms with van der Waals surface area (Å²) in [6, 6.07) is 4.44. The monoisotopic (exact) mass is 363 g/mol. The number of nitrogens with one attached hydrogen (secondary N) is 3. The Bertz CT molecular complexity index is 744. The van der Waals surface area contributed by atoms with Gasteiger partial charge in [0.25, 0.3) is 5.91 Å². The Kier molecular flexibility index (Phi) is 6.82. The molecule has 1 aromatic carbocycles. The second-order valence-electron chi connectivity index (χ2n) is 5.33. The Morgan fingerprint density at radius 2 is 2.04 bits per heavy atom. The number of aryl methyl sites for hydroxylation is 1. The fraction of sp³-hybridized carbons (Fsp3) is 0.353. The third kappa shape index (κ3) is 5.22. The molecule has 1 aromatic heterocycles. The van der Waals surface area contributed by atoms with Gasteiger partial charge >= 0.3 is 6.03 Å². The summed E-state index contributed by atoms with van der Waals surface area (Å²) < 4.78 is 2.00. The van der Waals surface area contributed by atoms with Crippen molar-refractivity contribution in [1.29, 1.82) is 0 Å². The SMILES string of the molecule is CCNC(=O)c1ccc(NC(=O)NCCn2ccnc2CC)cc1Cl. The highest BCUT2D eigenvalue weighted by Crippen LogP contribution is 2.21. The van der Waals surface area contributed by atoms with Crippen molar-refractivity contribution in [2.45, 2.75) is 26.8 Å². The second kappa shape index (κ2) is 9.08. The smallest absolute Gasteiger partial charge is 0.319 e. The molecule has 7 nitrogen and oxygen atoms in total. The topological polar surface area (TPSA) is 88.0 Å². The highest BCUT2D eigenvalue weighted by molar-refractivity contribution is 6.34. The van der Waals surface area contributed by atoms with Gasteiger partial charge in [-0.1, -0.05) is 18.5 Å². The predicted molar refractivity (Wildman–Crippen MR) is 98.1 cm³/mol. The van der Waals surface area contributed by atoms with Gasteiger partial charge in [-0.15, -0.1) is 0 Å². The summed E-state index contributed by atoms with van der Waals surface area (Å²) in [5.74, 6) is 0.741. The molecule has 0 bridgehead atoms. The van der Waals surface area contributed by atoms with Gasteiger partial charge in [-0.25, -0.2) is 9.78 Å². The van der Waals surface area contributed by atoms with Gasteiger partial charge in [-0.3, -0.25) is 4.79 Å². The summed E-state index contributed by atoms with van der Waals surface area (Å²) in [5, 5.41) is 8.45. The zero-order valence-electron chi connectivity index (χ0n) is 14.3. The van der Waals surface area contributed by atoms with E-state index in [1.807, 2.05) is 24.6 Å². The average Bonchev–Trinajstić information content (AvgIpc) is 3.02. The lowest BCUT2D eigenvalue weighted by Gasteiger charge is -2.11. The predicted octanol–water partition coefficient (Wildman–Crippen LogP) is 2.67. The normalized spacial score (nSPS) is 10.4. The van der Waals surface area contributed by atoms with E-state index in [0.717, 1.165) is 12.2 Å². The number of nitrogens with zero attached hydrogens (tertiary/aromatic N) is 2. The third-order valence-electron chi connectivity index (χ3n) is 3.57. The molecule has 2 rings (SSSR count). The maximum Gasteiger partial charge on any atom is 0.319 e. The number of carbonyl (C=O) groups is 2. The summed E-state index contributed by atoms with van der Waals surface area (Å²) in [4.78, 5) is 28.0. The highest BCUT2D eigenvalue weighted by Gasteiger charge is 2.11. The molecule has 8 heteroatoms. The molecule has 25 heavy (non-hydrogen) atoms. The van der Waals surface area contributed by atoms with Crippen LogP contribution in [0.2, 0.25) is 5.02 Å². The van der Waals surface area contributed by atoms with E-state index in [1.54, 1.807) is 24.4 Å². The Balaban J connectivity index is 1.86. The molecule has 2 aromatic rings. The van der Waals surface area contributed by atoms with E-state index in [2.05, 4.69) is 20.9 Å². The molecular weight excluding hydrogens is 342 g/mol. The molecule has 0 radical (unpaired) electrons. The van der Waals surface area contributed by atoms with E-state index in [1.165, 1.54) is 0 Å². The highest BCUT2D eigenvalue weighted by atomic mass is 35.5. The molecule has 3 amide bonds. The van der Waals surface area contributed by atoms with E-state index in [0.29, 0.717) is 30.9 Å². The molecule has 0 aliphatic heterocycles. The third-order valence-corrected chi connectivity index (χ3v) is 3.88. The molecule has 0 saturated heterocycles. The number of carbonyl (C=O) groups excluding carboxylic acids is 2. The largest absolute Gasteiger partial charge is 0.352 e. The van der Waals surface area contributed by atoms with E-state index in [-0.39, 0.29) is 17.0 Å². The minimum atomic E-state index is -0.333. The number of aromatic nitrogens is 2. The van der Waals surface area contributed by atoms with Crippen LogP contribution in [-0.4, -0.2) is 34.6 Å². The summed E-state index contributed by atoms with van der Waals surface area (Å²) >= 11 is 6.11. The van der Waals surface area contributed by atoms with Gasteiger partial charge in [0.05, 0.1) is 10.6 Å². The Morgan fingerprint density at radius 3 is 2.72 bits per heavy atom. The fourth-order valence-electron chi connectivity index (χ4n) is 2.36. The van der Waals surface area contributed by atoms with E-state index in [4.69, 9.17) is 11.6 Å². The van der Waals surface area contributed by atoms with Crippen LogP contribution in [0.25, 0.3) is 0 Å². The lowest BCUT2D eigenvalue weighted by molar-refractivity contribution is 0.0956. The van der Waals surface area contributed by atoms with Gasteiger partial charge in [0.15, 0.2) is 0 Å². The molecule has 0 spiro atoms. The van der Waals surface area contributed by atoms with Crippen molar-refractivity contribution in [1.82, 2.24) is 20.2 Å².